The van der Waals surface area contributed by atoms with Gasteiger partial charge in [0, 0.05) is 12.1 Å². The number of nitrogens with zero attached hydrogens (tertiary/aromatic N) is 4. The Kier molecular flexibility index (Phi) is 4.86. The zero-order valence-electron chi connectivity index (χ0n) is 15.3. The molecule has 4 aromatic rings. The Labute approximate surface area is 172 Å². The Hall–Kier alpha value is -3.53. The third-order valence-corrected chi connectivity index (χ3v) is 4.53. The predicted octanol–water partition coefficient (Wildman–Crippen LogP) is 5.04. The van der Waals surface area contributed by atoms with E-state index in [1.807, 2.05) is 0 Å². The monoisotopic (exact) mass is 435 g/mol. The first-order valence-corrected chi connectivity index (χ1v) is 8.93. The van der Waals surface area contributed by atoms with Crippen LogP contribution in [0.15, 0.2) is 54.7 Å². The summed E-state index contributed by atoms with van der Waals surface area (Å²) in [7, 11) is 1.66. The first-order valence-electron chi connectivity index (χ1n) is 8.55. The maximum absolute atomic E-state index is 13.7. The van der Waals surface area contributed by atoms with E-state index < -0.39 is 23.7 Å². The molecule has 0 aliphatic heterocycles. The maximum Gasteiger partial charge on any atom is 0.437 e. The van der Waals surface area contributed by atoms with E-state index in [9.17, 15) is 18.0 Å². The highest BCUT2D eigenvalue weighted by Crippen LogP contribution is 2.38. The third-order valence-electron chi connectivity index (χ3n) is 4.28. The van der Waals surface area contributed by atoms with Gasteiger partial charge in [-0.25, -0.2) is 14.5 Å². The molecule has 1 amide bonds. The molecule has 0 bridgehead atoms. The molecule has 2 heterocycles. The summed E-state index contributed by atoms with van der Waals surface area (Å²) in [6.45, 7) is 0. The van der Waals surface area contributed by atoms with Crippen LogP contribution < -0.4 is 10.1 Å². The average molecular weight is 436 g/mol. The van der Waals surface area contributed by atoms with Crippen molar-refractivity contribution in [3.05, 3.63) is 65.4 Å². The fraction of sp³-hybridized carbons (Fsp3) is 0.105. The number of carbonyl (C=O) groups excluding carboxylic acids is 1. The normalized spacial score (nSPS) is 11.6. The molecule has 0 spiro atoms. The number of alkyl halides is 3. The second-order valence-corrected chi connectivity index (χ2v) is 6.68. The van der Waals surface area contributed by atoms with Crippen LogP contribution in [0.25, 0.3) is 16.7 Å². The largest absolute Gasteiger partial charge is 0.437 e. The van der Waals surface area contributed by atoms with E-state index in [1.54, 1.807) is 35.9 Å². The van der Waals surface area contributed by atoms with Gasteiger partial charge in [-0.15, -0.1) is 0 Å². The number of aryl methyl sites for hydroxylation is 1. The lowest BCUT2D eigenvalue weighted by atomic mass is 10.3. The Bertz CT molecular complexity index is 1230. The van der Waals surface area contributed by atoms with Crippen molar-refractivity contribution < 1.29 is 22.7 Å². The van der Waals surface area contributed by atoms with Crippen molar-refractivity contribution in [2.75, 3.05) is 5.32 Å². The van der Waals surface area contributed by atoms with Crippen LogP contribution in [-0.2, 0) is 13.2 Å². The van der Waals surface area contributed by atoms with Crippen LogP contribution in [0.2, 0.25) is 5.02 Å². The quantitative estimate of drug-likeness (QED) is 0.489. The molecule has 0 aliphatic carbocycles. The van der Waals surface area contributed by atoms with Gasteiger partial charge in [0.1, 0.15) is 0 Å². The minimum Gasteiger partial charge on any atom is -0.406 e. The molecule has 0 fully saturated rings. The summed E-state index contributed by atoms with van der Waals surface area (Å²) >= 11 is 5.78. The zero-order valence-corrected chi connectivity index (χ0v) is 16.1. The number of fused-ring (bicyclic) bond motifs is 1. The minimum atomic E-state index is -4.83. The molecule has 11 heteroatoms. The van der Waals surface area contributed by atoms with Crippen molar-refractivity contribution in [3.8, 4) is 11.4 Å². The Morgan fingerprint density at radius 1 is 1.13 bits per heavy atom. The number of hydrogen-bond acceptors (Lipinski definition) is 4. The smallest absolute Gasteiger partial charge is 0.406 e. The van der Waals surface area contributed by atoms with E-state index in [-0.39, 0.29) is 11.6 Å². The van der Waals surface area contributed by atoms with Crippen molar-refractivity contribution in [2.24, 2.45) is 7.05 Å². The molecule has 0 unspecified atom stereocenters. The van der Waals surface area contributed by atoms with Crippen LogP contribution in [0.1, 0.15) is 5.69 Å². The Morgan fingerprint density at radius 3 is 2.50 bits per heavy atom. The van der Waals surface area contributed by atoms with Crippen LogP contribution >= 0.6 is 11.6 Å². The number of amides is 1. The van der Waals surface area contributed by atoms with Crippen molar-refractivity contribution >= 4 is 34.7 Å². The number of benzene rings is 2. The van der Waals surface area contributed by atoms with Gasteiger partial charge in [0.2, 0.25) is 5.95 Å². The molecule has 30 heavy (non-hydrogen) atoms. The summed E-state index contributed by atoms with van der Waals surface area (Å²) in [5.41, 5.74) is 0.225. The van der Waals surface area contributed by atoms with Gasteiger partial charge in [0.15, 0.2) is 11.4 Å². The topological polar surface area (TPSA) is 74.0 Å². The SMILES string of the molecule is Cn1c(NC(=O)Oc2cnn(-c3ccc(Cl)cc3)c2C(F)(F)F)nc2ccccc21. The number of rotatable bonds is 3. The van der Waals surface area contributed by atoms with Crippen LogP contribution in [0.3, 0.4) is 0 Å². The molecule has 7 nitrogen and oxygen atoms in total. The number of para-hydroxylation sites is 2. The summed E-state index contributed by atoms with van der Waals surface area (Å²) in [5.74, 6) is -0.617. The van der Waals surface area contributed by atoms with Gasteiger partial charge in [-0.2, -0.15) is 18.3 Å². The Morgan fingerprint density at radius 2 is 1.83 bits per heavy atom. The number of carbonyl (C=O) groups is 1. The van der Waals surface area contributed by atoms with Gasteiger partial charge in [-0.3, -0.25) is 5.32 Å². The summed E-state index contributed by atoms with van der Waals surface area (Å²) in [6.07, 6.45) is -5.13. The molecule has 0 atom stereocenters. The average Bonchev–Trinajstić information content (AvgIpc) is 3.24. The van der Waals surface area contributed by atoms with Crippen LogP contribution in [0, 0.1) is 0 Å². The van der Waals surface area contributed by atoms with Gasteiger partial charge < -0.3 is 9.30 Å². The molecule has 0 aliphatic rings. The van der Waals surface area contributed by atoms with E-state index in [0.717, 1.165) is 11.7 Å². The van der Waals surface area contributed by atoms with Gasteiger partial charge in [0.25, 0.3) is 0 Å². The number of imidazole rings is 1. The fourth-order valence-electron chi connectivity index (χ4n) is 2.92. The highest BCUT2D eigenvalue weighted by Gasteiger charge is 2.40. The number of halogens is 4. The first kappa shape index (κ1) is 19.8. The lowest BCUT2D eigenvalue weighted by Gasteiger charge is -2.13. The summed E-state index contributed by atoms with van der Waals surface area (Å²) < 4.78 is 48.2. The fourth-order valence-corrected chi connectivity index (χ4v) is 3.05. The van der Waals surface area contributed by atoms with Gasteiger partial charge in [0.05, 0.1) is 22.9 Å². The molecular formula is C19H13ClF3N5O2. The number of aromatic nitrogens is 4. The van der Waals surface area contributed by atoms with E-state index in [0.29, 0.717) is 15.2 Å². The molecule has 4 rings (SSSR count). The van der Waals surface area contributed by atoms with Crippen LogP contribution in [-0.4, -0.2) is 25.4 Å². The van der Waals surface area contributed by atoms with E-state index >= 15 is 0 Å². The van der Waals surface area contributed by atoms with Crippen LogP contribution in [0.5, 0.6) is 5.75 Å². The molecular weight excluding hydrogens is 423 g/mol. The van der Waals surface area contributed by atoms with Crippen LogP contribution in [0.4, 0.5) is 23.9 Å². The Balaban J connectivity index is 1.63. The predicted molar refractivity (Wildman–Crippen MR) is 104 cm³/mol. The molecule has 1 N–H and O–H groups in total. The molecule has 0 saturated carbocycles. The van der Waals surface area contributed by atoms with Crippen molar-refractivity contribution in [3.63, 3.8) is 0 Å². The molecule has 2 aromatic carbocycles. The highest BCUT2D eigenvalue weighted by atomic mass is 35.5. The molecule has 0 saturated heterocycles. The standard InChI is InChI=1S/C19H13ClF3N5O2/c1-27-14-5-3-2-4-13(14)25-17(27)26-18(29)30-15-10-24-28(16(15)19(21,22)23)12-8-6-11(20)7-9-12/h2-10H,1H3,(H,25,26,29). The van der Waals surface area contributed by atoms with Gasteiger partial charge in [-0.05, 0) is 36.4 Å². The molecule has 2 aromatic heterocycles. The van der Waals surface area contributed by atoms with Crippen molar-refractivity contribution in [1.29, 1.82) is 0 Å². The first-order chi connectivity index (χ1) is 14.2. The van der Waals surface area contributed by atoms with Crippen molar-refractivity contribution in [2.45, 2.75) is 6.18 Å². The molecule has 154 valence electrons. The maximum atomic E-state index is 13.7. The second kappa shape index (κ2) is 7.38. The summed E-state index contributed by atoms with van der Waals surface area (Å²) in [4.78, 5) is 16.5. The lowest BCUT2D eigenvalue weighted by molar-refractivity contribution is -0.143. The number of anilines is 1. The number of ether oxygens (including phenoxy) is 1. The zero-order chi connectivity index (χ0) is 21.5. The van der Waals surface area contributed by atoms with E-state index in [2.05, 4.69) is 15.4 Å². The second-order valence-electron chi connectivity index (χ2n) is 6.24. The summed E-state index contributed by atoms with van der Waals surface area (Å²) in [5, 5.41) is 6.43. The van der Waals surface area contributed by atoms with E-state index in [4.69, 9.17) is 16.3 Å². The molecule has 0 radical (unpaired) electrons. The van der Waals surface area contributed by atoms with Gasteiger partial charge >= 0.3 is 12.3 Å². The lowest BCUT2D eigenvalue weighted by Crippen LogP contribution is -2.21. The third kappa shape index (κ3) is 3.69. The minimum absolute atomic E-state index is 0.109. The summed E-state index contributed by atoms with van der Waals surface area (Å²) in [6, 6.07) is 12.7. The highest BCUT2D eigenvalue weighted by molar-refractivity contribution is 6.30. The van der Waals surface area contributed by atoms with Crippen molar-refractivity contribution in [1.82, 2.24) is 19.3 Å². The number of hydrogen-bond donors (Lipinski definition) is 1. The van der Waals surface area contributed by atoms with Gasteiger partial charge in [-0.1, -0.05) is 23.7 Å². The van der Waals surface area contributed by atoms with E-state index in [1.165, 1.54) is 24.3 Å². The number of nitrogens with one attached hydrogen (secondary N) is 1.